The Balaban J connectivity index is 1.39. The van der Waals surface area contributed by atoms with E-state index in [-0.39, 0.29) is 11.8 Å². The average molecular weight is 495 g/mol. The minimum Gasteiger partial charge on any atom is -0.378 e. The highest BCUT2D eigenvalue weighted by Crippen LogP contribution is 2.23. The maximum atomic E-state index is 14.1. The molecule has 2 aromatic heterocycles. The fourth-order valence-corrected chi connectivity index (χ4v) is 3.60. The lowest BCUT2D eigenvalue weighted by Crippen LogP contribution is -2.37. The Morgan fingerprint density at radius 3 is 2.74 bits per heavy atom. The molecule has 0 unspecified atom stereocenters. The maximum absolute atomic E-state index is 14.1. The lowest BCUT2D eigenvalue weighted by atomic mass is 10.1. The number of halogens is 2. The Morgan fingerprint density at radius 1 is 1.17 bits per heavy atom. The van der Waals surface area contributed by atoms with E-state index in [2.05, 4.69) is 42.4 Å². The lowest BCUT2D eigenvalue weighted by molar-refractivity contribution is 0.122. The number of rotatable bonds is 8. The summed E-state index contributed by atoms with van der Waals surface area (Å²) >= 11 is 6.26. The number of morpholine rings is 1. The summed E-state index contributed by atoms with van der Waals surface area (Å²) in [5, 5.41) is 7.98. The van der Waals surface area contributed by atoms with E-state index in [1.54, 1.807) is 12.3 Å². The van der Waals surface area contributed by atoms with Gasteiger partial charge in [0.05, 0.1) is 43.2 Å². The monoisotopic (exact) mass is 494 g/mol. The number of nitrogens with one attached hydrogen (secondary N) is 2. The van der Waals surface area contributed by atoms with Crippen LogP contribution < -0.4 is 15.6 Å². The smallest absolute Gasteiger partial charge is 0.245 e. The molecule has 3 aromatic rings. The maximum Gasteiger partial charge on any atom is 0.245 e. The zero-order valence-electron chi connectivity index (χ0n) is 19.1. The highest BCUT2D eigenvalue weighted by Gasteiger charge is 2.17. The second-order valence-electron chi connectivity index (χ2n) is 7.56. The third kappa shape index (κ3) is 6.58. The number of hydrazone groups is 1. The van der Waals surface area contributed by atoms with Crippen molar-refractivity contribution in [3.05, 3.63) is 77.6 Å². The van der Waals surface area contributed by atoms with Gasteiger partial charge in [-0.1, -0.05) is 18.2 Å². The van der Waals surface area contributed by atoms with Crippen LogP contribution in [0.1, 0.15) is 18.2 Å². The van der Waals surface area contributed by atoms with E-state index in [0.717, 1.165) is 28.8 Å². The number of nitrogens with zero attached hydrogens (tertiary/aromatic N) is 6. The molecule has 4 rings (SSSR count). The number of ether oxygens (including phenoxy) is 1. The summed E-state index contributed by atoms with van der Waals surface area (Å²) in [4.78, 5) is 18.6. The van der Waals surface area contributed by atoms with E-state index in [4.69, 9.17) is 16.3 Å². The second-order valence-corrected chi connectivity index (χ2v) is 7.99. The molecule has 1 aliphatic heterocycles. The topological polar surface area (TPSA) is 99.9 Å². The number of aromatic nitrogens is 3. The lowest BCUT2D eigenvalue weighted by Gasteiger charge is -2.27. The van der Waals surface area contributed by atoms with Gasteiger partial charge in [-0.15, -0.1) is 0 Å². The SMILES string of the molecule is C=CN=C(C)c1cc(Cl)cc(Nc2ccc(/C=N/Nc3ncc(F)c(N4CCOCC4)n3)nc2)c1. The molecule has 0 saturated carbocycles. The van der Waals surface area contributed by atoms with Crippen LogP contribution in [-0.2, 0) is 4.74 Å². The Bertz CT molecular complexity index is 1240. The largest absolute Gasteiger partial charge is 0.378 e. The normalized spacial score (nSPS) is 14.3. The molecule has 3 heterocycles. The molecule has 2 N–H and O–H groups in total. The van der Waals surface area contributed by atoms with Crippen molar-refractivity contribution in [3.63, 3.8) is 0 Å². The Morgan fingerprint density at radius 2 is 2.00 bits per heavy atom. The molecule has 1 aliphatic rings. The van der Waals surface area contributed by atoms with Gasteiger partial charge in [0.25, 0.3) is 0 Å². The zero-order chi connectivity index (χ0) is 24.6. The van der Waals surface area contributed by atoms with Gasteiger partial charge in [0.1, 0.15) is 0 Å². The van der Waals surface area contributed by atoms with Crippen molar-refractivity contribution in [2.45, 2.75) is 6.92 Å². The number of aliphatic imine (C=N–C) groups is 1. The van der Waals surface area contributed by atoms with Crippen LogP contribution in [0.3, 0.4) is 0 Å². The predicted molar refractivity (Wildman–Crippen MR) is 138 cm³/mol. The number of pyridine rings is 1. The van der Waals surface area contributed by atoms with Crippen LogP contribution in [0.2, 0.25) is 5.02 Å². The van der Waals surface area contributed by atoms with E-state index in [1.807, 2.05) is 36.1 Å². The number of benzene rings is 1. The van der Waals surface area contributed by atoms with Crippen LogP contribution in [0.4, 0.5) is 27.5 Å². The Labute approximate surface area is 207 Å². The van der Waals surface area contributed by atoms with Crippen LogP contribution in [-0.4, -0.2) is 53.2 Å². The van der Waals surface area contributed by atoms with Gasteiger partial charge in [-0.05, 0) is 42.8 Å². The van der Waals surface area contributed by atoms with Gasteiger partial charge in [0.2, 0.25) is 5.95 Å². The third-order valence-electron chi connectivity index (χ3n) is 5.07. The van der Waals surface area contributed by atoms with Crippen molar-refractivity contribution in [1.82, 2.24) is 15.0 Å². The van der Waals surface area contributed by atoms with Crippen LogP contribution in [0.5, 0.6) is 0 Å². The van der Waals surface area contributed by atoms with Gasteiger partial charge in [-0.3, -0.25) is 9.98 Å². The molecule has 0 amide bonds. The Kier molecular flexibility index (Phi) is 7.96. The van der Waals surface area contributed by atoms with Gasteiger partial charge < -0.3 is 15.0 Å². The molecule has 0 spiro atoms. The summed E-state index contributed by atoms with van der Waals surface area (Å²) in [5.74, 6) is -0.0691. The summed E-state index contributed by atoms with van der Waals surface area (Å²) in [6.07, 6.45) is 5.82. The van der Waals surface area contributed by atoms with Crippen LogP contribution >= 0.6 is 11.6 Å². The first-order valence-electron chi connectivity index (χ1n) is 10.9. The second kappa shape index (κ2) is 11.5. The van der Waals surface area contributed by atoms with Crippen molar-refractivity contribution < 1.29 is 9.13 Å². The molecule has 180 valence electrons. The highest BCUT2D eigenvalue weighted by molar-refractivity contribution is 6.31. The molecule has 1 aromatic carbocycles. The molecular weight excluding hydrogens is 471 g/mol. The van der Waals surface area contributed by atoms with Crippen molar-refractivity contribution in [1.29, 1.82) is 0 Å². The fraction of sp³-hybridized carbons (Fsp3) is 0.208. The van der Waals surface area contributed by atoms with Crippen LogP contribution in [0.25, 0.3) is 0 Å². The predicted octanol–water partition coefficient (Wildman–Crippen LogP) is 4.64. The number of hydrogen-bond donors (Lipinski definition) is 2. The molecule has 35 heavy (non-hydrogen) atoms. The molecular formula is C24H24ClFN8O. The van der Waals surface area contributed by atoms with E-state index in [0.29, 0.717) is 37.0 Å². The Hall–Kier alpha value is -3.89. The molecule has 1 saturated heterocycles. The van der Waals surface area contributed by atoms with Crippen molar-refractivity contribution in [2.75, 3.05) is 41.9 Å². The molecule has 1 fully saturated rings. The van der Waals surface area contributed by atoms with Gasteiger partial charge in [0, 0.05) is 35.7 Å². The molecule has 0 atom stereocenters. The summed E-state index contributed by atoms with van der Waals surface area (Å²) in [6.45, 7) is 7.71. The highest BCUT2D eigenvalue weighted by atomic mass is 35.5. The van der Waals surface area contributed by atoms with Gasteiger partial charge in [-0.25, -0.2) is 14.8 Å². The minimum atomic E-state index is -0.485. The van der Waals surface area contributed by atoms with E-state index >= 15 is 0 Å². The fourth-order valence-electron chi connectivity index (χ4n) is 3.37. The van der Waals surface area contributed by atoms with E-state index in [1.165, 1.54) is 12.4 Å². The van der Waals surface area contributed by atoms with E-state index in [9.17, 15) is 4.39 Å². The van der Waals surface area contributed by atoms with Crippen molar-refractivity contribution in [3.8, 4) is 0 Å². The standard InChI is InChI=1S/C24H24ClFN8O/c1-3-27-16(2)17-10-18(25)12-21(11-17)31-20-5-4-19(28-13-20)14-30-33-24-29-15-22(26)23(32-24)34-6-8-35-9-7-34/h3-5,10-15,31H,1,6-9H2,2H3,(H,29,32,33)/b27-16?,30-14+. The number of hydrogen-bond acceptors (Lipinski definition) is 9. The zero-order valence-corrected chi connectivity index (χ0v) is 19.8. The molecule has 0 aliphatic carbocycles. The molecule has 0 bridgehead atoms. The molecule has 11 heteroatoms. The van der Waals surface area contributed by atoms with Gasteiger partial charge in [-0.2, -0.15) is 10.1 Å². The first-order chi connectivity index (χ1) is 17.0. The number of anilines is 4. The van der Waals surface area contributed by atoms with Crippen molar-refractivity contribution >= 4 is 46.7 Å². The van der Waals surface area contributed by atoms with Crippen molar-refractivity contribution in [2.24, 2.45) is 10.1 Å². The van der Waals surface area contributed by atoms with Gasteiger partial charge in [0.15, 0.2) is 11.6 Å². The van der Waals surface area contributed by atoms with Gasteiger partial charge >= 0.3 is 0 Å². The molecule has 9 nitrogen and oxygen atoms in total. The summed E-state index contributed by atoms with van der Waals surface area (Å²) < 4.78 is 19.5. The van der Waals surface area contributed by atoms with E-state index < -0.39 is 5.82 Å². The first kappa shape index (κ1) is 24.2. The average Bonchev–Trinajstić information content (AvgIpc) is 2.86. The summed E-state index contributed by atoms with van der Waals surface area (Å²) in [7, 11) is 0. The summed E-state index contributed by atoms with van der Waals surface area (Å²) in [6, 6.07) is 9.27. The van der Waals surface area contributed by atoms with Crippen LogP contribution in [0, 0.1) is 5.82 Å². The van der Waals surface area contributed by atoms with Crippen LogP contribution in [0.15, 0.2) is 65.6 Å². The summed E-state index contributed by atoms with van der Waals surface area (Å²) in [5.41, 5.74) is 6.62. The first-order valence-corrected chi connectivity index (χ1v) is 11.2. The minimum absolute atomic E-state index is 0.189. The third-order valence-corrected chi connectivity index (χ3v) is 5.29. The molecule has 0 radical (unpaired) electrons. The quantitative estimate of drug-likeness (QED) is 0.347.